The van der Waals surface area contributed by atoms with Gasteiger partial charge in [0.15, 0.2) is 0 Å². The number of ether oxygens (including phenoxy) is 1. The normalized spacial score (nSPS) is 11.5. The Hall–Kier alpha value is -2.57. The monoisotopic (exact) mass is 323 g/mol. The average molecular weight is 323 g/mol. The number of hydrogen-bond acceptors (Lipinski definition) is 4. The molecule has 0 saturated heterocycles. The van der Waals surface area contributed by atoms with Crippen LogP contribution in [-0.2, 0) is 20.9 Å². The first-order valence-electron chi connectivity index (χ1n) is 7.41. The second-order valence-corrected chi connectivity index (χ2v) is 5.09. The van der Waals surface area contributed by atoms with E-state index in [0.29, 0.717) is 19.3 Å². The van der Waals surface area contributed by atoms with E-state index in [4.69, 9.17) is 14.9 Å². The first kappa shape index (κ1) is 18.5. The van der Waals surface area contributed by atoms with Crippen LogP contribution in [0.25, 0.3) is 0 Å². The number of carbonyl (C=O) groups is 3. The van der Waals surface area contributed by atoms with Gasteiger partial charge in [-0.3, -0.25) is 4.79 Å². The number of rotatable bonds is 10. The lowest BCUT2D eigenvalue weighted by molar-refractivity contribution is -0.140. The summed E-state index contributed by atoms with van der Waals surface area (Å²) < 4.78 is 4.98. The predicted molar refractivity (Wildman–Crippen MR) is 81.9 cm³/mol. The summed E-state index contributed by atoms with van der Waals surface area (Å²) in [4.78, 5) is 33.1. The van der Waals surface area contributed by atoms with Gasteiger partial charge in [0.2, 0.25) is 0 Å². The number of nitrogens with one attached hydrogen (secondary N) is 1. The van der Waals surface area contributed by atoms with Crippen molar-refractivity contribution in [2.45, 2.75) is 44.8 Å². The van der Waals surface area contributed by atoms with Crippen LogP contribution in [0.4, 0.5) is 4.79 Å². The molecule has 1 aromatic carbocycles. The van der Waals surface area contributed by atoms with Gasteiger partial charge in [-0.2, -0.15) is 0 Å². The van der Waals surface area contributed by atoms with Gasteiger partial charge in [0, 0.05) is 6.42 Å². The summed E-state index contributed by atoms with van der Waals surface area (Å²) in [5.41, 5.74) is 0.809. The van der Waals surface area contributed by atoms with Crippen molar-refractivity contribution in [2.24, 2.45) is 0 Å². The van der Waals surface area contributed by atoms with Gasteiger partial charge in [0.05, 0.1) is 0 Å². The van der Waals surface area contributed by atoms with Gasteiger partial charge in [-0.05, 0) is 18.4 Å². The smallest absolute Gasteiger partial charge is 0.408 e. The van der Waals surface area contributed by atoms with Crippen molar-refractivity contribution in [1.29, 1.82) is 0 Å². The maximum absolute atomic E-state index is 11.6. The molecule has 7 nitrogen and oxygen atoms in total. The third kappa shape index (κ3) is 8.45. The Labute approximate surface area is 134 Å². The molecular formula is C16H21NO6. The maximum Gasteiger partial charge on any atom is 0.408 e. The Morgan fingerprint density at radius 1 is 1.04 bits per heavy atom. The number of amides is 1. The number of carboxylic acids is 2. The molecule has 0 aromatic heterocycles. The molecule has 0 spiro atoms. The van der Waals surface area contributed by atoms with Crippen LogP contribution < -0.4 is 5.32 Å². The van der Waals surface area contributed by atoms with Crippen molar-refractivity contribution >= 4 is 18.0 Å². The zero-order valence-corrected chi connectivity index (χ0v) is 12.7. The molecule has 1 aromatic rings. The van der Waals surface area contributed by atoms with Crippen molar-refractivity contribution in [3.8, 4) is 0 Å². The van der Waals surface area contributed by atoms with Crippen LogP contribution >= 0.6 is 0 Å². The van der Waals surface area contributed by atoms with Crippen LogP contribution in [0.1, 0.15) is 37.7 Å². The van der Waals surface area contributed by atoms with E-state index in [1.165, 1.54) is 0 Å². The topological polar surface area (TPSA) is 113 Å². The zero-order valence-electron chi connectivity index (χ0n) is 12.7. The van der Waals surface area contributed by atoms with E-state index >= 15 is 0 Å². The summed E-state index contributed by atoms with van der Waals surface area (Å²) >= 11 is 0. The lowest BCUT2D eigenvalue weighted by atomic mass is 10.1. The van der Waals surface area contributed by atoms with E-state index in [1.54, 1.807) is 12.1 Å². The summed E-state index contributed by atoms with van der Waals surface area (Å²) in [5.74, 6) is -2.01. The number of alkyl carbamates (subject to hydrolysis) is 1. The van der Waals surface area contributed by atoms with Crippen LogP contribution in [0.2, 0.25) is 0 Å². The molecule has 1 amide bonds. The quantitative estimate of drug-likeness (QED) is 0.570. The van der Waals surface area contributed by atoms with E-state index < -0.39 is 24.1 Å². The average Bonchev–Trinajstić information content (AvgIpc) is 2.52. The molecule has 1 atom stereocenters. The number of benzene rings is 1. The molecule has 0 fully saturated rings. The molecular weight excluding hydrogens is 302 g/mol. The molecule has 1 rings (SSSR count). The maximum atomic E-state index is 11.6. The van der Waals surface area contributed by atoms with Gasteiger partial charge in [0.25, 0.3) is 0 Å². The van der Waals surface area contributed by atoms with Crippen molar-refractivity contribution in [3.63, 3.8) is 0 Å². The molecule has 0 bridgehead atoms. The largest absolute Gasteiger partial charge is 0.481 e. The van der Waals surface area contributed by atoms with Crippen molar-refractivity contribution in [3.05, 3.63) is 35.9 Å². The first-order valence-corrected chi connectivity index (χ1v) is 7.41. The van der Waals surface area contributed by atoms with Gasteiger partial charge < -0.3 is 20.3 Å². The first-order chi connectivity index (χ1) is 11.0. The second-order valence-electron chi connectivity index (χ2n) is 5.09. The SMILES string of the molecule is O=C(O)CCCCC[C@@H](NC(=O)OCc1ccccc1)C(=O)O. The minimum absolute atomic E-state index is 0.0598. The van der Waals surface area contributed by atoms with E-state index in [-0.39, 0.29) is 19.4 Å². The number of carbonyl (C=O) groups excluding carboxylic acids is 1. The Kier molecular flexibility index (Phi) is 8.20. The zero-order chi connectivity index (χ0) is 17.1. The van der Waals surface area contributed by atoms with Crippen molar-refractivity contribution in [2.75, 3.05) is 0 Å². The third-order valence-corrected chi connectivity index (χ3v) is 3.19. The van der Waals surface area contributed by atoms with Crippen LogP contribution in [0.3, 0.4) is 0 Å². The molecule has 0 saturated carbocycles. The van der Waals surface area contributed by atoms with Crippen molar-refractivity contribution < 1.29 is 29.3 Å². The number of carboxylic acid groups (broad SMARTS) is 2. The van der Waals surface area contributed by atoms with Gasteiger partial charge in [-0.15, -0.1) is 0 Å². The highest BCUT2D eigenvalue weighted by Gasteiger charge is 2.20. The van der Waals surface area contributed by atoms with E-state index in [1.807, 2.05) is 18.2 Å². The molecule has 0 aliphatic carbocycles. The van der Waals surface area contributed by atoms with Gasteiger partial charge in [0.1, 0.15) is 12.6 Å². The van der Waals surface area contributed by atoms with E-state index in [0.717, 1.165) is 5.56 Å². The fourth-order valence-corrected chi connectivity index (χ4v) is 1.97. The third-order valence-electron chi connectivity index (χ3n) is 3.19. The summed E-state index contributed by atoms with van der Waals surface area (Å²) in [5, 5.41) is 19.9. The Morgan fingerprint density at radius 2 is 1.74 bits per heavy atom. The minimum atomic E-state index is -1.14. The Bertz CT molecular complexity index is 517. The highest BCUT2D eigenvalue weighted by molar-refractivity contribution is 5.79. The van der Waals surface area contributed by atoms with Crippen LogP contribution in [-0.4, -0.2) is 34.3 Å². The minimum Gasteiger partial charge on any atom is -0.481 e. The molecule has 3 N–H and O–H groups in total. The molecule has 0 radical (unpaired) electrons. The van der Waals surface area contributed by atoms with Gasteiger partial charge >= 0.3 is 18.0 Å². The Morgan fingerprint density at radius 3 is 2.35 bits per heavy atom. The summed E-state index contributed by atoms with van der Waals surface area (Å²) in [6.45, 7) is 0.0671. The van der Waals surface area contributed by atoms with Crippen LogP contribution in [0.15, 0.2) is 30.3 Å². The highest BCUT2D eigenvalue weighted by atomic mass is 16.5. The molecule has 23 heavy (non-hydrogen) atoms. The molecule has 7 heteroatoms. The number of unbranched alkanes of at least 4 members (excludes halogenated alkanes) is 2. The van der Waals surface area contributed by atoms with E-state index in [9.17, 15) is 14.4 Å². The lowest BCUT2D eigenvalue weighted by Crippen LogP contribution is -2.41. The van der Waals surface area contributed by atoms with Crippen molar-refractivity contribution in [1.82, 2.24) is 5.32 Å². The van der Waals surface area contributed by atoms with Crippen LogP contribution in [0.5, 0.6) is 0 Å². The summed E-state index contributed by atoms with van der Waals surface area (Å²) in [7, 11) is 0. The predicted octanol–water partition coefficient (Wildman–Crippen LogP) is 2.40. The fourth-order valence-electron chi connectivity index (χ4n) is 1.97. The lowest BCUT2D eigenvalue weighted by Gasteiger charge is -2.14. The standard InChI is InChI=1S/C16H21NO6/c18-14(19)10-6-2-5-9-13(15(20)21)17-16(22)23-11-12-7-3-1-4-8-12/h1,3-4,7-8,13H,2,5-6,9-11H2,(H,17,22)(H,18,19)(H,20,21)/t13-/m1/s1. The molecule has 0 aliphatic heterocycles. The molecule has 0 unspecified atom stereocenters. The molecule has 0 heterocycles. The van der Waals surface area contributed by atoms with E-state index in [2.05, 4.69) is 5.32 Å². The molecule has 0 aliphatic rings. The second kappa shape index (κ2) is 10.2. The Balaban J connectivity index is 2.29. The van der Waals surface area contributed by atoms with Crippen LogP contribution in [0, 0.1) is 0 Å². The van der Waals surface area contributed by atoms with Gasteiger partial charge in [-0.1, -0.05) is 43.2 Å². The fraction of sp³-hybridized carbons (Fsp3) is 0.438. The van der Waals surface area contributed by atoms with Gasteiger partial charge in [-0.25, -0.2) is 9.59 Å². The number of aliphatic carboxylic acids is 2. The summed E-state index contributed by atoms with van der Waals surface area (Å²) in [6, 6.07) is 8.02. The molecule has 126 valence electrons. The highest BCUT2D eigenvalue weighted by Crippen LogP contribution is 2.07. The number of hydrogen-bond donors (Lipinski definition) is 3. The summed E-state index contributed by atoms with van der Waals surface area (Å²) in [6.07, 6.45) is 1.10.